The predicted octanol–water partition coefficient (Wildman–Crippen LogP) is 1.62. The molecule has 74 valence electrons. The first kappa shape index (κ1) is 9.70. The van der Waals surface area contributed by atoms with E-state index in [1.54, 1.807) is 24.9 Å². The summed E-state index contributed by atoms with van der Waals surface area (Å²) in [4.78, 5) is 11.7. The molecule has 0 N–H and O–H groups in total. The Hall–Kier alpha value is -0.850. The Bertz CT molecular complexity index is 570. The van der Waals surface area contributed by atoms with Crippen molar-refractivity contribution in [1.82, 2.24) is 9.13 Å². The van der Waals surface area contributed by atoms with Gasteiger partial charge in [-0.15, -0.1) is 0 Å². The van der Waals surface area contributed by atoms with Crippen molar-refractivity contribution in [2.75, 3.05) is 0 Å². The van der Waals surface area contributed by atoms with Crippen molar-refractivity contribution in [3.63, 3.8) is 0 Å². The first-order valence-electron chi connectivity index (χ1n) is 4.02. The van der Waals surface area contributed by atoms with Crippen LogP contribution in [0, 0.1) is 9.39 Å². The predicted molar refractivity (Wildman–Crippen MR) is 60.8 cm³/mol. The molecule has 3 nitrogen and oxygen atoms in total. The van der Waals surface area contributed by atoms with Crippen LogP contribution in [0.3, 0.4) is 0 Å². The average molecular weight is 306 g/mol. The summed E-state index contributed by atoms with van der Waals surface area (Å²) in [5.74, 6) is -0.368. The second-order valence-electron chi connectivity index (χ2n) is 3.20. The molecule has 5 heteroatoms. The molecule has 0 radical (unpaired) electrons. The molecule has 0 saturated carbocycles. The highest BCUT2D eigenvalue weighted by Crippen LogP contribution is 2.20. The van der Waals surface area contributed by atoms with Gasteiger partial charge in [-0.25, -0.2) is 4.39 Å². The largest absolute Gasteiger partial charge is 0.347 e. The highest BCUT2D eigenvalue weighted by molar-refractivity contribution is 14.1. The van der Waals surface area contributed by atoms with E-state index >= 15 is 0 Å². The third-order valence-electron chi connectivity index (χ3n) is 2.20. The number of rotatable bonds is 0. The fourth-order valence-corrected chi connectivity index (χ4v) is 2.45. The highest BCUT2D eigenvalue weighted by atomic mass is 127. The van der Waals surface area contributed by atoms with Crippen LogP contribution in [0.2, 0.25) is 0 Å². The summed E-state index contributed by atoms with van der Waals surface area (Å²) in [5.41, 5.74) is 0.212. The number of aromatic nitrogens is 2. The second-order valence-corrected chi connectivity index (χ2v) is 4.37. The third-order valence-corrected chi connectivity index (χ3v) is 3.02. The molecule has 0 amide bonds. The number of aryl methyl sites for hydroxylation is 2. The minimum atomic E-state index is -0.368. The maximum absolute atomic E-state index is 13.5. The maximum Gasteiger partial charge on any atom is 0.261 e. The monoisotopic (exact) mass is 306 g/mol. The summed E-state index contributed by atoms with van der Waals surface area (Å²) < 4.78 is 17.2. The van der Waals surface area contributed by atoms with Gasteiger partial charge in [-0.05, 0) is 22.6 Å². The van der Waals surface area contributed by atoms with Crippen LogP contribution in [0.15, 0.2) is 17.2 Å². The molecule has 2 aromatic rings. The number of halogens is 2. The Morgan fingerprint density at radius 1 is 1.29 bits per heavy atom. The zero-order valence-corrected chi connectivity index (χ0v) is 9.87. The van der Waals surface area contributed by atoms with Crippen LogP contribution < -0.4 is 5.56 Å². The lowest BCUT2D eigenvalue weighted by atomic mass is 10.3. The van der Waals surface area contributed by atoms with Crippen LogP contribution in [0.1, 0.15) is 0 Å². The number of fused-ring (bicyclic) bond motifs is 1. The fraction of sp³-hybridized carbons (Fsp3) is 0.222. The molecular formula is C9H8FIN2O. The molecule has 0 aliphatic carbocycles. The fourth-order valence-electron chi connectivity index (χ4n) is 1.55. The summed E-state index contributed by atoms with van der Waals surface area (Å²) >= 11 is 2.04. The van der Waals surface area contributed by atoms with Crippen LogP contribution in [-0.4, -0.2) is 9.13 Å². The summed E-state index contributed by atoms with van der Waals surface area (Å²) in [6.45, 7) is 0. The lowest BCUT2D eigenvalue weighted by molar-refractivity contribution is 0.611. The summed E-state index contributed by atoms with van der Waals surface area (Å²) in [7, 11) is 3.28. The molecule has 0 bridgehead atoms. The molecule has 2 heterocycles. The van der Waals surface area contributed by atoms with Gasteiger partial charge in [0.25, 0.3) is 5.56 Å². The van der Waals surface area contributed by atoms with Crippen molar-refractivity contribution in [1.29, 1.82) is 0 Å². The first-order chi connectivity index (χ1) is 6.52. The number of hydrogen-bond donors (Lipinski definition) is 0. The van der Waals surface area contributed by atoms with Crippen LogP contribution >= 0.6 is 22.6 Å². The van der Waals surface area contributed by atoms with E-state index in [4.69, 9.17) is 0 Å². The summed E-state index contributed by atoms with van der Waals surface area (Å²) in [5, 5.41) is 0.454. The Balaban J connectivity index is 3.13. The zero-order valence-electron chi connectivity index (χ0n) is 7.71. The quantitative estimate of drug-likeness (QED) is 0.680. The van der Waals surface area contributed by atoms with Gasteiger partial charge in [-0.2, -0.15) is 0 Å². The lowest BCUT2D eigenvalue weighted by Crippen LogP contribution is -2.17. The van der Waals surface area contributed by atoms with Crippen LogP contribution in [-0.2, 0) is 14.1 Å². The van der Waals surface area contributed by atoms with Gasteiger partial charge >= 0.3 is 0 Å². The van der Waals surface area contributed by atoms with E-state index in [1.807, 2.05) is 22.6 Å². The molecule has 14 heavy (non-hydrogen) atoms. The number of nitrogens with zero attached hydrogens (tertiary/aromatic N) is 2. The Kier molecular flexibility index (Phi) is 2.13. The zero-order chi connectivity index (χ0) is 10.5. The molecule has 0 aliphatic heterocycles. The molecule has 2 aromatic heterocycles. The average Bonchev–Trinajstić information content (AvgIpc) is 2.38. The molecule has 0 unspecified atom stereocenters. The summed E-state index contributed by atoms with van der Waals surface area (Å²) in [6, 6.07) is 0. The normalized spacial score (nSPS) is 11.1. The lowest BCUT2D eigenvalue weighted by Gasteiger charge is -2.01. The SMILES string of the molecule is Cn1cc(F)c2c(c(I)cn2C)c1=O. The van der Waals surface area contributed by atoms with Crippen molar-refractivity contribution >= 4 is 33.5 Å². The Labute approximate surface area is 93.3 Å². The van der Waals surface area contributed by atoms with Crippen LogP contribution in [0.25, 0.3) is 10.9 Å². The molecular weight excluding hydrogens is 298 g/mol. The van der Waals surface area contributed by atoms with Crippen molar-refractivity contribution in [3.05, 3.63) is 32.1 Å². The molecule has 0 aromatic carbocycles. The van der Waals surface area contributed by atoms with Crippen LogP contribution in [0.4, 0.5) is 4.39 Å². The van der Waals surface area contributed by atoms with Gasteiger partial charge in [0.15, 0.2) is 5.82 Å². The molecule has 0 atom stereocenters. The molecule has 0 fully saturated rings. The summed E-state index contributed by atoms with van der Waals surface area (Å²) in [6.07, 6.45) is 2.95. The van der Waals surface area contributed by atoms with Gasteiger partial charge in [0.1, 0.15) is 0 Å². The molecule has 0 saturated heterocycles. The van der Waals surface area contributed by atoms with Gasteiger partial charge < -0.3 is 9.13 Å². The van der Waals surface area contributed by atoms with E-state index in [2.05, 4.69) is 0 Å². The smallest absolute Gasteiger partial charge is 0.261 e. The second kappa shape index (κ2) is 3.08. The number of pyridine rings is 1. The third kappa shape index (κ3) is 1.18. The van der Waals surface area contributed by atoms with Gasteiger partial charge in [0.05, 0.1) is 10.9 Å². The van der Waals surface area contributed by atoms with E-state index in [-0.39, 0.29) is 11.4 Å². The highest BCUT2D eigenvalue weighted by Gasteiger charge is 2.13. The van der Waals surface area contributed by atoms with Crippen molar-refractivity contribution < 1.29 is 4.39 Å². The molecule has 0 aliphatic rings. The minimum absolute atomic E-state index is 0.161. The van der Waals surface area contributed by atoms with Gasteiger partial charge in [-0.1, -0.05) is 0 Å². The Morgan fingerprint density at radius 2 is 1.93 bits per heavy atom. The topological polar surface area (TPSA) is 26.9 Å². The van der Waals surface area contributed by atoms with E-state index in [1.165, 1.54) is 10.8 Å². The van der Waals surface area contributed by atoms with Crippen LogP contribution in [0.5, 0.6) is 0 Å². The van der Waals surface area contributed by atoms with E-state index in [9.17, 15) is 9.18 Å². The number of hydrogen-bond acceptors (Lipinski definition) is 1. The van der Waals surface area contributed by atoms with Gasteiger partial charge in [-0.3, -0.25) is 4.79 Å². The Morgan fingerprint density at radius 3 is 2.57 bits per heavy atom. The maximum atomic E-state index is 13.5. The van der Waals surface area contributed by atoms with E-state index < -0.39 is 0 Å². The van der Waals surface area contributed by atoms with E-state index in [0.29, 0.717) is 10.9 Å². The van der Waals surface area contributed by atoms with Crippen molar-refractivity contribution in [3.8, 4) is 0 Å². The van der Waals surface area contributed by atoms with Crippen molar-refractivity contribution in [2.45, 2.75) is 0 Å². The van der Waals surface area contributed by atoms with E-state index in [0.717, 1.165) is 3.57 Å². The standard InChI is InChI=1S/C9H8FIN2O/c1-12-4-6(11)7-8(12)5(10)3-13(2)9(7)14/h3-4H,1-2H3. The molecule has 0 spiro atoms. The van der Waals surface area contributed by atoms with Crippen molar-refractivity contribution in [2.24, 2.45) is 14.1 Å². The first-order valence-corrected chi connectivity index (χ1v) is 5.10. The van der Waals surface area contributed by atoms with Gasteiger partial charge in [0, 0.05) is 30.1 Å². The minimum Gasteiger partial charge on any atom is -0.347 e. The molecule has 2 rings (SSSR count). The van der Waals surface area contributed by atoms with Gasteiger partial charge in [0.2, 0.25) is 0 Å².